The molecule has 0 aromatic heterocycles. The molecular formula is C22H16ClNO3S. The lowest BCUT2D eigenvalue weighted by molar-refractivity contribution is -0.113. The van der Waals surface area contributed by atoms with Gasteiger partial charge in [0.1, 0.15) is 5.75 Å². The SMILES string of the molecule is CCOc1ccc2ccccc2c1/C=C1\SC(=O)N(c2ccccc2Cl)C1=O. The smallest absolute Gasteiger partial charge is 0.298 e. The molecule has 0 aliphatic carbocycles. The summed E-state index contributed by atoms with van der Waals surface area (Å²) >= 11 is 7.09. The van der Waals surface area contributed by atoms with Gasteiger partial charge in [0.15, 0.2) is 0 Å². The highest BCUT2D eigenvalue weighted by Gasteiger charge is 2.37. The molecule has 140 valence electrons. The zero-order valence-electron chi connectivity index (χ0n) is 15.0. The second-order valence-corrected chi connectivity index (χ2v) is 7.50. The van der Waals surface area contributed by atoms with E-state index in [-0.39, 0.29) is 5.24 Å². The van der Waals surface area contributed by atoms with Crippen LogP contribution in [0.3, 0.4) is 0 Å². The van der Waals surface area contributed by atoms with Gasteiger partial charge in [0.2, 0.25) is 0 Å². The van der Waals surface area contributed by atoms with Gasteiger partial charge in [-0.15, -0.1) is 0 Å². The van der Waals surface area contributed by atoms with Gasteiger partial charge in [0.25, 0.3) is 11.1 Å². The van der Waals surface area contributed by atoms with E-state index in [1.54, 1.807) is 30.3 Å². The highest BCUT2D eigenvalue weighted by molar-refractivity contribution is 8.19. The van der Waals surface area contributed by atoms with Crippen molar-refractivity contribution in [2.75, 3.05) is 11.5 Å². The summed E-state index contributed by atoms with van der Waals surface area (Å²) in [5, 5.41) is 1.97. The molecular weight excluding hydrogens is 394 g/mol. The minimum atomic E-state index is -0.390. The molecule has 28 heavy (non-hydrogen) atoms. The molecule has 0 atom stereocenters. The van der Waals surface area contributed by atoms with E-state index in [4.69, 9.17) is 16.3 Å². The van der Waals surface area contributed by atoms with E-state index >= 15 is 0 Å². The standard InChI is InChI=1S/C22H16ClNO3S/c1-2-27-19-12-11-14-7-3-4-8-15(14)16(19)13-20-21(25)24(22(26)28-20)18-10-6-5-9-17(18)23/h3-13H,2H2,1H3/b20-13-. The first-order valence-electron chi connectivity index (χ1n) is 8.77. The zero-order chi connectivity index (χ0) is 19.7. The van der Waals surface area contributed by atoms with Crippen LogP contribution in [0.25, 0.3) is 16.8 Å². The van der Waals surface area contributed by atoms with Gasteiger partial charge in [-0.3, -0.25) is 9.59 Å². The van der Waals surface area contributed by atoms with Gasteiger partial charge in [-0.05, 0) is 53.7 Å². The summed E-state index contributed by atoms with van der Waals surface area (Å²) in [5.41, 5.74) is 1.17. The number of rotatable bonds is 4. The van der Waals surface area contributed by atoms with Crippen molar-refractivity contribution >= 4 is 57.0 Å². The maximum Gasteiger partial charge on any atom is 0.298 e. The number of anilines is 1. The number of fused-ring (bicyclic) bond motifs is 1. The summed E-state index contributed by atoms with van der Waals surface area (Å²) in [4.78, 5) is 27.0. The summed E-state index contributed by atoms with van der Waals surface area (Å²) < 4.78 is 5.76. The van der Waals surface area contributed by atoms with Crippen LogP contribution in [0.2, 0.25) is 5.02 Å². The van der Waals surface area contributed by atoms with Crippen molar-refractivity contribution in [2.45, 2.75) is 6.92 Å². The molecule has 0 bridgehead atoms. The summed E-state index contributed by atoms with van der Waals surface area (Å²) in [5.74, 6) is 0.282. The number of halogens is 1. The molecule has 1 fully saturated rings. The number of carbonyl (C=O) groups excluding carboxylic acids is 2. The molecule has 2 amide bonds. The zero-order valence-corrected chi connectivity index (χ0v) is 16.6. The molecule has 6 heteroatoms. The minimum absolute atomic E-state index is 0.335. The van der Waals surface area contributed by atoms with Gasteiger partial charge in [-0.1, -0.05) is 54.1 Å². The molecule has 1 aliphatic rings. The number of para-hydroxylation sites is 1. The van der Waals surface area contributed by atoms with Crippen molar-refractivity contribution < 1.29 is 14.3 Å². The fraction of sp³-hybridized carbons (Fsp3) is 0.0909. The van der Waals surface area contributed by atoms with Crippen molar-refractivity contribution in [1.29, 1.82) is 0 Å². The first kappa shape index (κ1) is 18.6. The van der Waals surface area contributed by atoms with Crippen LogP contribution >= 0.6 is 23.4 Å². The lowest BCUT2D eigenvalue weighted by atomic mass is 10.0. The van der Waals surface area contributed by atoms with Crippen molar-refractivity contribution in [3.05, 3.63) is 76.2 Å². The average molecular weight is 410 g/mol. The molecule has 0 N–H and O–H groups in total. The monoisotopic (exact) mass is 409 g/mol. The van der Waals surface area contributed by atoms with Gasteiger partial charge < -0.3 is 4.74 Å². The number of hydrogen-bond donors (Lipinski definition) is 0. The van der Waals surface area contributed by atoms with Crippen molar-refractivity contribution in [2.24, 2.45) is 0 Å². The number of nitrogens with zero attached hydrogens (tertiary/aromatic N) is 1. The summed E-state index contributed by atoms with van der Waals surface area (Å²) in [6, 6.07) is 18.5. The molecule has 1 saturated heterocycles. The number of carbonyl (C=O) groups is 2. The fourth-order valence-corrected chi connectivity index (χ4v) is 4.18. The Morgan fingerprint density at radius 2 is 1.79 bits per heavy atom. The number of ether oxygens (including phenoxy) is 1. The first-order chi connectivity index (χ1) is 13.6. The number of hydrogen-bond acceptors (Lipinski definition) is 4. The van der Waals surface area contributed by atoms with E-state index in [1.807, 2.05) is 43.3 Å². The van der Waals surface area contributed by atoms with E-state index in [1.165, 1.54) is 0 Å². The molecule has 4 rings (SSSR count). The van der Waals surface area contributed by atoms with Crippen LogP contribution in [0.5, 0.6) is 5.75 Å². The largest absolute Gasteiger partial charge is 0.493 e. The molecule has 4 nitrogen and oxygen atoms in total. The van der Waals surface area contributed by atoms with Gasteiger partial charge in [-0.25, -0.2) is 4.90 Å². The van der Waals surface area contributed by atoms with Crippen LogP contribution in [-0.4, -0.2) is 17.8 Å². The van der Waals surface area contributed by atoms with Crippen LogP contribution in [0.1, 0.15) is 12.5 Å². The van der Waals surface area contributed by atoms with Crippen molar-refractivity contribution in [1.82, 2.24) is 0 Å². The molecule has 0 radical (unpaired) electrons. The Morgan fingerprint density at radius 3 is 2.57 bits per heavy atom. The molecule has 3 aromatic carbocycles. The average Bonchev–Trinajstić information content (AvgIpc) is 2.97. The number of benzene rings is 3. The van der Waals surface area contributed by atoms with Crippen LogP contribution in [0.4, 0.5) is 10.5 Å². The summed E-state index contributed by atoms with van der Waals surface area (Å²) in [6.45, 7) is 2.41. The Bertz CT molecular complexity index is 1130. The van der Waals surface area contributed by atoms with Crippen LogP contribution < -0.4 is 9.64 Å². The Hall–Kier alpha value is -2.76. The third-order valence-corrected chi connectivity index (χ3v) is 5.58. The summed E-state index contributed by atoms with van der Waals surface area (Å²) in [7, 11) is 0. The molecule has 0 unspecified atom stereocenters. The Balaban J connectivity index is 1.82. The lowest BCUT2D eigenvalue weighted by Crippen LogP contribution is -2.27. The van der Waals surface area contributed by atoms with Crippen LogP contribution in [-0.2, 0) is 4.79 Å². The van der Waals surface area contributed by atoms with Gasteiger partial charge in [-0.2, -0.15) is 0 Å². The molecule has 1 heterocycles. The number of thioether (sulfide) groups is 1. The van der Waals surface area contributed by atoms with E-state index in [2.05, 4.69) is 0 Å². The molecule has 3 aromatic rings. The van der Waals surface area contributed by atoms with Crippen molar-refractivity contribution in [3.8, 4) is 5.75 Å². The maximum atomic E-state index is 13.0. The third kappa shape index (κ3) is 3.28. The second-order valence-electron chi connectivity index (χ2n) is 6.10. The Morgan fingerprint density at radius 1 is 1.04 bits per heavy atom. The van der Waals surface area contributed by atoms with E-state index in [0.29, 0.717) is 28.0 Å². The lowest BCUT2D eigenvalue weighted by Gasteiger charge is -2.14. The highest BCUT2D eigenvalue weighted by Crippen LogP contribution is 2.40. The van der Waals surface area contributed by atoms with Gasteiger partial charge >= 0.3 is 0 Å². The number of amides is 2. The van der Waals surface area contributed by atoms with E-state index in [9.17, 15) is 9.59 Å². The predicted molar refractivity (Wildman–Crippen MR) is 115 cm³/mol. The normalized spacial score (nSPS) is 15.6. The third-order valence-electron chi connectivity index (χ3n) is 4.39. The van der Waals surface area contributed by atoms with E-state index < -0.39 is 5.91 Å². The highest BCUT2D eigenvalue weighted by atomic mass is 35.5. The first-order valence-corrected chi connectivity index (χ1v) is 9.96. The van der Waals surface area contributed by atoms with Crippen molar-refractivity contribution in [3.63, 3.8) is 0 Å². The molecule has 1 aliphatic heterocycles. The number of imide groups is 1. The second kappa shape index (κ2) is 7.70. The Kier molecular flexibility index (Phi) is 5.11. The van der Waals surface area contributed by atoms with Gasteiger partial charge in [0.05, 0.1) is 22.2 Å². The minimum Gasteiger partial charge on any atom is -0.493 e. The van der Waals surface area contributed by atoms with Crippen LogP contribution in [0, 0.1) is 0 Å². The Labute approximate surface area is 171 Å². The summed E-state index contributed by atoms with van der Waals surface area (Å²) in [6.07, 6.45) is 1.73. The topological polar surface area (TPSA) is 46.6 Å². The predicted octanol–water partition coefficient (Wildman–Crippen LogP) is 6.13. The van der Waals surface area contributed by atoms with E-state index in [0.717, 1.165) is 33.0 Å². The maximum absolute atomic E-state index is 13.0. The van der Waals surface area contributed by atoms with Gasteiger partial charge in [0, 0.05) is 5.56 Å². The molecule has 0 spiro atoms. The fourth-order valence-electron chi connectivity index (χ4n) is 3.15. The van der Waals surface area contributed by atoms with Crippen LogP contribution in [0.15, 0.2) is 65.6 Å². The molecule has 0 saturated carbocycles. The quantitative estimate of drug-likeness (QED) is 0.486.